The molecule has 6 nitrogen and oxygen atoms in total. The first kappa shape index (κ1) is 15.7. The highest BCUT2D eigenvalue weighted by atomic mass is 32.2. The fourth-order valence-corrected chi connectivity index (χ4v) is 2.99. The maximum absolute atomic E-state index is 11.6. The number of carbonyl (C=O) groups is 1. The van der Waals surface area contributed by atoms with E-state index in [9.17, 15) is 4.79 Å². The molecule has 21 heavy (non-hydrogen) atoms. The first-order chi connectivity index (χ1) is 9.98. The molecule has 1 amide bonds. The fraction of sp³-hybridized carbons (Fsp3) is 0.429. The van der Waals surface area contributed by atoms with Crippen molar-refractivity contribution in [1.29, 1.82) is 0 Å². The first-order valence-corrected chi connectivity index (χ1v) is 7.68. The number of carbonyl (C=O) groups excluding carboxylic acids is 1. The fourth-order valence-electron chi connectivity index (χ4n) is 1.97. The monoisotopic (exact) mass is 308 g/mol. The second-order valence-corrected chi connectivity index (χ2v) is 5.90. The van der Waals surface area contributed by atoms with Gasteiger partial charge in [0.2, 0.25) is 5.91 Å². The van der Waals surface area contributed by atoms with Crippen LogP contribution in [0, 0.1) is 0 Å². The number of primary amides is 1. The minimum atomic E-state index is -0.754. The van der Waals surface area contributed by atoms with Gasteiger partial charge in [-0.2, -0.15) is 0 Å². The summed E-state index contributed by atoms with van der Waals surface area (Å²) in [5.74, 6) is 0.916. The van der Waals surface area contributed by atoms with Gasteiger partial charge < -0.3 is 20.8 Å². The van der Waals surface area contributed by atoms with Crippen LogP contribution in [0.3, 0.4) is 0 Å². The lowest BCUT2D eigenvalue weighted by atomic mass is 10.1. The molecule has 1 atom stereocenters. The maximum Gasteiger partial charge on any atom is 0.238 e. The smallest absolute Gasteiger partial charge is 0.238 e. The minimum Gasteiger partial charge on any atom is -0.497 e. The summed E-state index contributed by atoms with van der Waals surface area (Å²) in [6.45, 7) is 4.42. The minimum absolute atomic E-state index is 0.366. The van der Waals surface area contributed by atoms with Crippen LogP contribution >= 0.6 is 11.8 Å². The number of aromatic nitrogens is 2. The zero-order chi connectivity index (χ0) is 15.5. The number of fused-ring (bicyclic) bond motifs is 1. The number of nitrogens with one attached hydrogen (secondary N) is 2. The molecule has 0 spiro atoms. The number of aromatic amines is 1. The van der Waals surface area contributed by atoms with Crippen molar-refractivity contribution in [2.24, 2.45) is 5.73 Å². The molecule has 1 aromatic carbocycles. The summed E-state index contributed by atoms with van der Waals surface area (Å²) < 4.78 is 5.18. The number of hydrogen-bond acceptors (Lipinski definition) is 5. The summed E-state index contributed by atoms with van der Waals surface area (Å²) in [4.78, 5) is 19.3. The molecule has 4 N–H and O–H groups in total. The molecule has 0 bridgehead atoms. The highest BCUT2D eigenvalue weighted by molar-refractivity contribution is 7.99. The molecular weight excluding hydrogens is 288 g/mol. The number of benzene rings is 1. The Hall–Kier alpha value is -1.73. The van der Waals surface area contributed by atoms with E-state index in [1.54, 1.807) is 14.0 Å². The number of nitrogens with two attached hydrogens (primary N) is 1. The Bertz CT molecular complexity index is 643. The Morgan fingerprint density at radius 1 is 1.57 bits per heavy atom. The molecule has 0 saturated carbocycles. The molecule has 114 valence electrons. The largest absolute Gasteiger partial charge is 0.497 e. The van der Waals surface area contributed by atoms with E-state index in [1.165, 1.54) is 11.8 Å². The molecule has 1 heterocycles. The number of H-pyrrole nitrogens is 1. The molecule has 2 aromatic rings. The van der Waals surface area contributed by atoms with Gasteiger partial charge in [0.25, 0.3) is 0 Å². The Kier molecular flexibility index (Phi) is 4.74. The number of likely N-dealkylation sites (N-methyl/N-ethyl adjacent to an activating group) is 1. The molecule has 0 saturated heterocycles. The quantitative estimate of drug-likeness (QED) is 0.674. The van der Waals surface area contributed by atoms with E-state index in [1.807, 2.05) is 25.1 Å². The topological polar surface area (TPSA) is 93.0 Å². The van der Waals surface area contributed by atoms with Gasteiger partial charge in [0.15, 0.2) is 5.16 Å². The second-order valence-electron chi connectivity index (χ2n) is 4.94. The summed E-state index contributed by atoms with van der Waals surface area (Å²) >= 11 is 1.46. The third-order valence-electron chi connectivity index (χ3n) is 3.28. The van der Waals surface area contributed by atoms with Crippen molar-refractivity contribution in [3.05, 3.63) is 18.2 Å². The molecule has 0 aliphatic rings. The normalized spacial score (nSPS) is 14.0. The summed E-state index contributed by atoms with van der Waals surface area (Å²) in [7, 11) is 1.63. The van der Waals surface area contributed by atoms with Crippen LogP contribution in [-0.2, 0) is 4.79 Å². The summed E-state index contributed by atoms with van der Waals surface area (Å²) in [5.41, 5.74) is 6.49. The first-order valence-electron chi connectivity index (χ1n) is 6.70. The van der Waals surface area contributed by atoms with Crippen LogP contribution in [0.4, 0.5) is 0 Å². The number of amides is 1. The molecule has 1 unspecified atom stereocenters. The summed E-state index contributed by atoms with van der Waals surface area (Å²) in [5, 5.41) is 3.88. The van der Waals surface area contributed by atoms with Crippen molar-refractivity contribution in [3.63, 3.8) is 0 Å². The predicted octanol–water partition coefficient (Wildman–Crippen LogP) is 1.52. The van der Waals surface area contributed by atoms with Gasteiger partial charge in [-0.1, -0.05) is 18.7 Å². The number of methoxy groups -OCH3 is 1. The molecular formula is C14H20N4O2S. The lowest BCUT2D eigenvalue weighted by Crippen LogP contribution is -2.55. The average Bonchev–Trinajstić information content (AvgIpc) is 2.87. The van der Waals surface area contributed by atoms with E-state index in [0.29, 0.717) is 12.3 Å². The van der Waals surface area contributed by atoms with Crippen LogP contribution in [0.1, 0.15) is 13.8 Å². The van der Waals surface area contributed by atoms with Crippen LogP contribution in [0.5, 0.6) is 5.75 Å². The van der Waals surface area contributed by atoms with Gasteiger partial charge in [-0.25, -0.2) is 4.98 Å². The third-order valence-corrected chi connectivity index (χ3v) is 4.46. The number of imidazole rings is 1. The Balaban J connectivity index is 2.14. The maximum atomic E-state index is 11.6. The molecule has 7 heteroatoms. The van der Waals surface area contributed by atoms with E-state index in [-0.39, 0.29) is 5.91 Å². The number of thioether (sulfide) groups is 1. The molecule has 2 rings (SSSR count). The van der Waals surface area contributed by atoms with E-state index < -0.39 is 5.54 Å². The van der Waals surface area contributed by atoms with Crippen molar-refractivity contribution in [3.8, 4) is 5.75 Å². The molecule has 0 aliphatic heterocycles. The van der Waals surface area contributed by atoms with Gasteiger partial charge in [-0.05, 0) is 25.6 Å². The van der Waals surface area contributed by atoms with Gasteiger partial charge in [0.05, 0.1) is 18.1 Å². The second kappa shape index (κ2) is 6.36. The summed E-state index contributed by atoms with van der Waals surface area (Å²) in [6.07, 6.45) is 0. The van der Waals surface area contributed by atoms with Crippen molar-refractivity contribution in [2.75, 3.05) is 19.4 Å². The van der Waals surface area contributed by atoms with E-state index in [4.69, 9.17) is 10.5 Å². The molecule has 0 aliphatic carbocycles. The van der Waals surface area contributed by atoms with Gasteiger partial charge >= 0.3 is 0 Å². The van der Waals surface area contributed by atoms with Gasteiger partial charge in [-0.3, -0.25) is 4.79 Å². The van der Waals surface area contributed by atoms with Crippen LogP contribution in [-0.4, -0.2) is 40.8 Å². The molecule has 0 fully saturated rings. The Labute approximate surface area is 127 Å². The van der Waals surface area contributed by atoms with Crippen LogP contribution in [0.25, 0.3) is 11.0 Å². The van der Waals surface area contributed by atoms with Crippen LogP contribution in [0.15, 0.2) is 23.4 Å². The predicted molar refractivity (Wildman–Crippen MR) is 84.6 cm³/mol. The number of ether oxygens (including phenoxy) is 1. The SMILES string of the molecule is CCNC(C)(CSc1nc2ccc(OC)cc2[nH]1)C(N)=O. The van der Waals surface area contributed by atoms with Crippen LogP contribution < -0.4 is 15.8 Å². The third kappa shape index (κ3) is 3.48. The highest BCUT2D eigenvalue weighted by Crippen LogP contribution is 2.25. The standard InChI is InChI=1S/C14H20N4O2S/c1-4-16-14(2,12(15)19)8-21-13-17-10-6-5-9(20-3)7-11(10)18-13/h5-7,16H,4,8H2,1-3H3,(H2,15,19)(H,17,18). The Morgan fingerprint density at radius 3 is 2.95 bits per heavy atom. The number of hydrogen-bond donors (Lipinski definition) is 3. The molecule has 0 radical (unpaired) electrons. The average molecular weight is 308 g/mol. The van der Waals surface area contributed by atoms with E-state index in [2.05, 4.69) is 15.3 Å². The highest BCUT2D eigenvalue weighted by Gasteiger charge is 2.30. The van der Waals surface area contributed by atoms with Crippen molar-refractivity contribution in [2.45, 2.75) is 24.5 Å². The van der Waals surface area contributed by atoms with Crippen molar-refractivity contribution in [1.82, 2.24) is 15.3 Å². The summed E-state index contributed by atoms with van der Waals surface area (Å²) in [6, 6.07) is 5.65. The zero-order valence-electron chi connectivity index (χ0n) is 12.4. The van der Waals surface area contributed by atoms with E-state index in [0.717, 1.165) is 21.9 Å². The number of rotatable bonds is 7. The van der Waals surface area contributed by atoms with Gasteiger partial charge in [-0.15, -0.1) is 0 Å². The lowest BCUT2D eigenvalue weighted by molar-refractivity contribution is -0.122. The van der Waals surface area contributed by atoms with Crippen LogP contribution in [0.2, 0.25) is 0 Å². The van der Waals surface area contributed by atoms with Gasteiger partial charge in [0, 0.05) is 11.8 Å². The van der Waals surface area contributed by atoms with E-state index >= 15 is 0 Å². The zero-order valence-corrected chi connectivity index (χ0v) is 13.2. The number of nitrogens with zero attached hydrogens (tertiary/aromatic N) is 1. The molecule has 1 aromatic heterocycles. The van der Waals surface area contributed by atoms with Gasteiger partial charge in [0.1, 0.15) is 11.3 Å². The van der Waals surface area contributed by atoms with Crippen molar-refractivity contribution < 1.29 is 9.53 Å². The Morgan fingerprint density at radius 2 is 2.33 bits per heavy atom. The van der Waals surface area contributed by atoms with Crippen molar-refractivity contribution >= 4 is 28.7 Å². The lowest BCUT2D eigenvalue weighted by Gasteiger charge is -2.25.